The Labute approximate surface area is 164 Å². The minimum absolute atomic E-state index is 0.0412. The van der Waals surface area contributed by atoms with Gasteiger partial charge in [0.1, 0.15) is 5.82 Å². The van der Waals surface area contributed by atoms with Gasteiger partial charge < -0.3 is 0 Å². The number of hydrogen-bond acceptors (Lipinski definition) is 2. The van der Waals surface area contributed by atoms with Crippen LogP contribution in [0, 0.1) is 12.7 Å². The van der Waals surface area contributed by atoms with Crippen molar-refractivity contribution in [3.63, 3.8) is 0 Å². The molecule has 0 unspecified atom stereocenters. The van der Waals surface area contributed by atoms with Crippen LogP contribution in [0.1, 0.15) is 23.2 Å². The molecular weight excluding hydrogens is 353 g/mol. The SMILES string of the molecule is Cc1c(CN2CC=C(c3ccc(F)cc3)CC2)c(=O)n(-c2ccccc2)n1C. The van der Waals surface area contributed by atoms with Crippen molar-refractivity contribution >= 4 is 5.57 Å². The van der Waals surface area contributed by atoms with E-state index in [1.807, 2.05) is 61.1 Å². The quantitative estimate of drug-likeness (QED) is 0.690. The fourth-order valence-corrected chi connectivity index (χ4v) is 3.81. The molecule has 144 valence electrons. The zero-order valence-electron chi connectivity index (χ0n) is 16.2. The molecule has 0 saturated carbocycles. The van der Waals surface area contributed by atoms with E-state index < -0.39 is 0 Å². The summed E-state index contributed by atoms with van der Waals surface area (Å²) in [6.07, 6.45) is 3.08. The zero-order chi connectivity index (χ0) is 19.7. The highest BCUT2D eigenvalue weighted by molar-refractivity contribution is 5.66. The third-order valence-electron chi connectivity index (χ3n) is 5.56. The molecule has 2 aromatic carbocycles. The van der Waals surface area contributed by atoms with Crippen LogP contribution in [0.15, 0.2) is 65.5 Å². The molecule has 0 aliphatic carbocycles. The molecule has 4 rings (SSSR count). The maximum Gasteiger partial charge on any atom is 0.276 e. The van der Waals surface area contributed by atoms with Crippen molar-refractivity contribution in [3.8, 4) is 5.69 Å². The van der Waals surface area contributed by atoms with Crippen molar-refractivity contribution in [2.45, 2.75) is 19.9 Å². The first-order chi connectivity index (χ1) is 13.5. The Balaban J connectivity index is 1.55. The Hall–Kier alpha value is -2.92. The molecule has 2 heterocycles. The molecule has 0 atom stereocenters. The number of benzene rings is 2. The molecule has 1 aromatic heterocycles. The summed E-state index contributed by atoms with van der Waals surface area (Å²) in [5.74, 6) is -0.212. The molecule has 3 aromatic rings. The Bertz CT molecular complexity index is 1060. The Morgan fingerprint density at radius 2 is 1.75 bits per heavy atom. The average Bonchev–Trinajstić information content (AvgIpc) is 2.93. The number of rotatable bonds is 4. The van der Waals surface area contributed by atoms with Crippen LogP contribution < -0.4 is 5.56 Å². The highest BCUT2D eigenvalue weighted by Gasteiger charge is 2.20. The second-order valence-electron chi connectivity index (χ2n) is 7.26. The van der Waals surface area contributed by atoms with Crippen LogP contribution in [0.3, 0.4) is 0 Å². The second-order valence-corrected chi connectivity index (χ2v) is 7.26. The van der Waals surface area contributed by atoms with E-state index >= 15 is 0 Å². The summed E-state index contributed by atoms with van der Waals surface area (Å²) in [6, 6.07) is 16.4. The molecule has 0 amide bonds. The first-order valence-corrected chi connectivity index (χ1v) is 9.55. The third-order valence-corrected chi connectivity index (χ3v) is 5.56. The topological polar surface area (TPSA) is 30.2 Å². The van der Waals surface area contributed by atoms with E-state index in [0.29, 0.717) is 6.54 Å². The predicted octanol–water partition coefficient (Wildman–Crippen LogP) is 3.91. The van der Waals surface area contributed by atoms with Crippen LogP contribution in [-0.2, 0) is 13.6 Å². The Kier molecular flexibility index (Phi) is 5.01. The van der Waals surface area contributed by atoms with Crippen molar-refractivity contribution < 1.29 is 4.39 Å². The average molecular weight is 377 g/mol. The van der Waals surface area contributed by atoms with Gasteiger partial charge in [-0.15, -0.1) is 0 Å². The highest BCUT2D eigenvalue weighted by Crippen LogP contribution is 2.23. The monoisotopic (exact) mass is 377 g/mol. The Morgan fingerprint density at radius 1 is 1.04 bits per heavy atom. The molecule has 0 radical (unpaired) electrons. The van der Waals surface area contributed by atoms with Crippen molar-refractivity contribution in [1.29, 1.82) is 0 Å². The van der Waals surface area contributed by atoms with Gasteiger partial charge in [-0.25, -0.2) is 9.07 Å². The predicted molar refractivity (Wildman–Crippen MR) is 110 cm³/mol. The maximum atomic E-state index is 13.1. The summed E-state index contributed by atoms with van der Waals surface area (Å²) in [6.45, 7) is 4.29. The molecule has 1 aliphatic rings. The smallest absolute Gasteiger partial charge is 0.276 e. The van der Waals surface area contributed by atoms with E-state index in [9.17, 15) is 9.18 Å². The first kappa shape index (κ1) is 18.4. The van der Waals surface area contributed by atoms with Gasteiger partial charge in [0, 0.05) is 32.4 Å². The van der Waals surface area contributed by atoms with Gasteiger partial charge in [0.15, 0.2) is 0 Å². The van der Waals surface area contributed by atoms with Crippen molar-refractivity contribution in [1.82, 2.24) is 14.3 Å². The summed E-state index contributed by atoms with van der Waals surface area (Å²) < 4.78 is 16.8. The largest absolute Gasteiger partial charge is 0.295 e. The minimum Gasteiger partial charge on any atom is -0.295 e. The number of aromatic nitrogens is 2. The van der Waals surface area contributed by atoms with Crippen molar-refractivity contribution in [3.05, 3.63) is 93.7 Å². The van der Waals surface area contributed by atoms with E-state index in [2.05, 4.69) is 11.0 Å². The van der Waals surface area contributed by atoms with Crippen LogP contribution in [0.2, 0.25) is 0 Å². The standard InChI is InChI=1S/C23H24FN3O/c1-17-22(23(28)27(25(17)2)21-6-4-3-5-7-21)16-26-14-12-19(13-15-26)18-8-10-20(24)11-9-18/h3-12H,13-16H2,1-2H3. The second kappa shape index (κ2) is 7.60. The fourth-order valence-electron chi connectivity index (χ4n) is 3.81. The van der Waals surface area contributed by atoms with E-state index in [0.717, 1.165) is 42.0 Å². The van der Waals surface area contributed by atoms with Gasteiger partial charge in [-0.1, -0.05) is 36.4 Å². The van der Waals surface area contributed by atoms with Crippen LogP contribution in [0.5, 0.6) is 0 Å². The number of halogens is 1. The number of hydrogen-bond donors (Lipinski definition) is 0. The molecule has 28 heavy (non-hydrogen) atoms. The van der Waals surface area contributed by atoms with Crippen LogP contribution in [-0.4, -0.2) is 27.4 Å². The van der Waals surface area contributed by atoms with Crippen molar-refractivity contribution in [2.75, 3.05) is 13.1 Å². The molecule has 1 aliphatic heterocycles. The van der Waals surface area contributed by atoms with Crippen LogP contribution in [0.4, 0.5) is 4.39 Å². The summed E-state index contributed by atoms with van der Waals surface area (Å²) in [5, 5.41) is 0. The van der Waals surface area contributed by atoms with Gasteiger partial charge in [-0.3, -0.25) is 14.4 Å². The first-order valence-electron chi connectivity index (χ1n) is 9.55. The van der Waals surface area contributed by atoms with Gasteiger partial charge in [0.2, 0.25) is 0 Å². The summed E-state index contributed by atoms with van der Waals surface area (Å²) in [7, 11) is 1.93. The van der Waals surface area contributed by atoms with E-state index in [4.69, 9.17) is 0 Å². The minimum atomic E-state index is -0.212. The van der Waals surface area contributed by atoms with E-state index in [-0.39, 0.29) is 11.4 Å². The molecule has 0 fully saturated rings. The summed E-state index contributed by atoms with van der Waals surface area (Å²) >= 11 is 0. The van der Waals surface area contributed by atoms with Gasteiger partial charge >= 0.3 is 0 Å². The lowest BCUT2D eigenvalue weighted by molar-refractivity contribution is 0.292. The lowest BCUT2D eigenvalue weighted by Crippen LogP contribution is -2.31. The van der Waals surface area contributed by atoms with E-state index in [1.54, 1.807) is 4.68 Å². The van der Waals surface area contributed by atoms with Crippen LogP contribution in [0.25, 0.3) is 11.3 Å². The molecular formula is C23H24FN3O. The fraction of sp³-hybridized carbons (Fsp3) is 0.261. The lowest BCUT2D eigenvalue weighted by Gasteiger charge is -2.26. The third kappa shape index (κ3) is 3.45. The molecule has 5 heteroatoms. The summed E-state index contributed by atoms with van der Waals surface area (Å²) in [4.78, 5) is 15.4. The molecule has 0 saturated heterocycles. The molecule has 4 nitrogen and oxygen atoms in total. The Morgan fingerprint density at radius 3 is 2.39 bits per heavy atom. The van der Waals surface area contributed by atoms with Gasteiger partial charge in [-0.2, -0.15) is 0 Å². The highest BCUT2D eigenvalue weighted by atomic mass is 19.1. The summed E-state index contributed by atoms with van der Waals surface area (Å²) in [5.41, 5.74) is 5.05. The number of nitrogens with zero attached hydrogens (tertiary/aromatic N) is 3. The lowest BCUT2D eigenvalue weighted by atomic mass is 9.99. The zero-order valence-corrected chi connectivity index (χ0v) is 16.2. The van der Waals surface area contributed by atoms with Crippen LogP contribution >= 0.6 is 0 Å². The molecule has 0 spiro atoms. The number of para-hydroxylation sites is 1. The molecule has 0 bridgehead atoms. The molecule has 0 N–H and O–H groups in total. The van der Waals surface area contributed by atoms with E-state index in [1.165, 1.54) is 17.7 Å². The maximum absolute atomic E-state index is 13.1. The van der Waals surface area contributed by atoms with Gasteiger partial charge in [0.25, 0.3) is 5.56 Å². The van der Waals surface area contributed by atoms with Gasteiger partial charge in [0.05, 0.1) is 11.3 Å². The van der Waals surface area contributed by atoms with Crippen molar-refractivity contribution in [2.24, 2.45) is 7.05 Å². The normalized spacial score (nSPS) is 14.9. The van der Waals surface area contributed by atoms with Gasteiger partial charge in [-0.05, 0) is 48.7 Å².